The van der Waals surface area contributed by atoms with Crippen molar-refractivity contribution in [1.29, 1.82) is 0 Å². The van der Waals surface area contributed by atoms with Crippen molar-refractivity contribution >= 4 is 28.6 Å². The van der Waals surface area contributed by atoms with Gasteiger partial charge in [0.25, 0.3) is 5.56 Å². The number of fused-ring (bicyclic) bond motifs is 1. The first kappa shape index (κ1) is 21.0. The number of hydrogen-bond acceptors (Lipinski definition) is 5. The molecule has 0 aliphatic carbocycles. The van der Waals surface area contributed by atoms with Crippen molar-refractivity contribution in [2.45, 2.75) is 23.8 Å². The summed E-state index contributed by atoms with van der Waals surface area (Å²) < 4.78 is 19.8. The fraction of sp³-hybridized carbons (Fsp3) is 0.286. The number of ether oxygens (including phenoxy) is 1. The van der Waals surface area contributed by atoms with E-state index in [4.69, 9.17) is 4.74 Å². The molecule has 0 saturated heterocycles. The largest absolute Gasteiger partial charge is 0.385 e. The smallest absolute Gasteiger partial charge is 0.266 e. The molecule has 0 bridgehead atoms. The van der Waals surface area contributed by atoms with E-state index in [9.17, 15) is 14.0 Å². The first-order valence-corrected chi connectivity index (χ1v) is 10.1. The summed E-state index contributed by atoms with van der Waals surface area (Å²) >= 11 is 1.18. The van der Waals surface area contributed by atoms with Crippen LogP contribution in [0.1, 0.15) is 13.3 Å². The van der Waals surface area contributed by atoms with Gasteiger partial charge >= 0.3 is 0 Å². The molecule has 0 aliphatic heterocycles. The topological polar surface area (TPSA) is 73.2 Å². The molecule has 0 aliphatic rings. The number of amides is 1. The second-order valence-electron chi connectivity index (χ2n) is 6.43. The first-order valence-electron chi connectivity index (χ1n) is 9.22. The number of halogens is 1. The van der Waals surface area contributed by atoms with Gasteiger partial charge in [0.15, 0.2) is 5.16 Å². The van der Waals surface area contributed by atoms with E-state index in [1.165, 1.54) is 40.6 Å². The van der Waals surface area contributed by atoms with Crippen LogP contribution in [-0.4, -0.2) is 41.0 Å². The highest BCUT2D eigenvalue weighted by Crippen LogP contribution is 2.25. The monoisotopic (exact) mass is 415 g/mol. The normalized spacial score (nSPS) is 12.1. The minimum atomic E-state index is -0.475. The number of para-hydroxylation sites is 1. The van der Waals surface area contributed by atoms with Gasteiger partial charge in [-0.2, -0.15) is 0 Å². The number of nitrogens with zero attached hydrogens (tertiary/aromatic N) is 2. The Morgan fingerprint density at radius 3 is 2.69 bits per heavy atom. The molecule has 1 N–H and O–H groups in total. The average molecular weight is 415 g/mol. The Bertz CT molecular complexity index is 1050. The molecule has 1 heterocycles. The predicted octanol–water partition coefficient (Wildman–Crippen LogP) is 3.16. The molecular weight excluding hydrogens is 393 g/mol. The van der Waals surface area contributed by atoms with Gasteiger partial charge in [-0.15, -0.1) is 0 Å². The van der Waals surface area contributed by atoms with Gasteiger partial charge in [-0.05, 0) is 49.7 Å². The number of aromatic nitrogens is 2. The molecular formula is C21H22FN3O3S. The van der Waals surface area contributed by atoms with Gasteiger partial charge in [0.2, 0.25) is 5.91 Å². The Morgan fingerprint density at radius 2 is 1.97 bits per heavy atom. The molecule has 1 unspecified atom stereocenters. The van der Waals surface area contributed by atoms with E-state index >= 15 is 0 Å². The first-order chi connectivity index (χ1) is 14.0. The van der Waals surface area contributed by atoms with Crippen LogP contribution in [0.4, 0.5) is 4.39 Å². The van der Waals surface area contributed by atoms with E-state index in [0.717, 1.165) is 0 Å². The summed E-state index contributed by atoms with van der Waals surface area (Å²) in [5, 5.41) is 3.21. The molecule has 0 fully saturated rings. The third-order valence-corrected chi connectivity index (χ3v) is 5.36. The molecule has 6 nitrogen and oxygen atoms in total. The number of carbonyl (C=O) groups is 1. The van der Waals surface area contributed by atoms with E-state index < -0.39 is 11.1 Å². The summed E-state index contributed by atoms with van der Waals surface area (Å²) in [7, 11) is 1.61. The van der Waals surface area contributed by atoms with Gasteiger partial charge in [-0.25, -0.2) is 9.37 Å². The second kappa shape index (κ2) is 9.67. The van der Waals surface area contributed by atoms with Crippen LogP contribution in [0.15, 0.2) is 58.5 Å². The van der Waals surface area contributed by atoms with Gasteiger partial charge in [0.1, 0.15) is 5.82 Å². The maximum absolute atomic E-state index is 13.4. The summed E-state index contributed by atoms with van der Waals surface area (Å²) in [5.41, 5.74) is 0.772. The summed E-state index contributed by atoms with van der Waals surface area (Å²) in [6, 6.07) is 12.6. The molecule has 3 aromatic rings. The van der Waals surface area contributed by atoms with Crippen LogP contribution in [0.5, 0.6) is 0 Å². The van der Waals surface area contributed by atoms with Crippen LogP contribution in [0, 0.1) is 5.82 Å². The SMILES string of the molecule is COCCCNC(=O)C(C)Sc1nc2ccccc2c(=O)n1-c1ccc(F)cc1. The molecule has 152 valence electrons. The molecule has 3 rings (SSSR count). The van der Waals surface area contributed by atoms with E-state index in [0.29, 0.717) is 41.3 Å². The number of nitrogens with one attached hydrogen (secondary N) is 1. The predicted molar refractivity (Wildman–Crippen MR) is 112 cm³/mol. The van der Waals surface area contributed by atoms with E-state index in [1.807, 2.05) is 0 Å². The zero-order valence-electron chi connectivity index (χ0n) is 16.2. The molecule has 1 amide bonds. The van der Waals surface area contributed by atoms with E-state index in [1.54, 1.807) is 38.3 Å². The highest BCUT2D eigenvalue weighted by atomic mass is 32.2. The molecule has 1 aromatic heterocycles. The lowest BCUT2D eigenvalue weighted by Gasteiger charge is -2.16. The van der Waals surface area contributed by atoms with Crippen molar-refractivity contribution in [3.05, 3.63) is 64.7 Å². The van der Waals surface area contributed by atoms with Crippen LogP contribution in [0.25, 0.3) is 16.6 Å². The highest BCUT2D eigenvalue weighted by Gasteiger charge is 2.20. The second-order valence-corrected chi connectivity index (χ2v) is 7.73. The Labute approximate surface area is 172 Å². The maximum Gasteiger partial charge on any atom is 0.266 e. The number of hydrogen-bond donors (Lipinski definition) is 1. The molecule has 1 atom stereocenters. The zero-order valence-corrected chi connectivity index (χ0v) is 17.0. The molecule has 0 saturated carbocycles. The van der Waals surface area contributed by atoms with E-state index in [2.05, 4.69) is 10.3 Å². The third-order valence-electron chi connectivity index (χ3n) is 4.31. The van der Waals surface area contributed by atoms with Crippen LogP contribution in [0.3, 0.4) is 0 Å². The molecule has 8 heteroatoms. The van der Waals surface area contributed by atoms with E-state index in [-0.39, 0.29) is 11.5 Å². The minimum absolute atomic E-state index is 0.154. The lowest BCUT2D eigenvalue weighted by atomic mass is 10.2. The quantitative estimate of drug-likeness (QED) is 0.348. The molecule has 2 aromatic carbocycles. The number of methoxy groups -OCH3 is 1. The summed E-state index contributed by atoms with van der Waals surface area (Å²) in [6.45, 7) is 2.83. The summed E-state index contributed by atoms with van der Waals surface area (Å²) in [5.74, 6) is -0.548. The minimum Gasteiger partial charge on any atom is -0.385 e. The van der Waals surface area contributed by atoms with Crippen LogP contribution in [0.2, 0.25) is 0 Å². The fourth-order valence-corrected chi connectivity index (χ4v) is 3.74. The van der Waals surface area contributed by atoms with Crippen molar-refractivity contribution < 1.29 is 13.9 Å². The highest BCUT2D eigenvalue weighted by molar-refractivity contribution is 8.00. The van der Waals surface area contributed by atoms with Crippen molar-refractivity contribution in [2.75, 3.05) is 20.3 Å². The Morgan fingerprint density at radius 1 is 1.24 bits per heavy atom. The van der Waals surface area contributed by atoms with Crippen molar-refractivity contribution in [2.24, 2.45) is 0 Å². The zero-order chi connectivity index (χ0) is 20.8. The van der Waals surface area contributed by atoms with Gasteiger partial charge < -0.3 is 10.1 Å². The van der Waals surface area contributed by atoms with Crippen LogP contribution in [-0.2, 0) is 9.53 Å². The van der Waals surface area contributed by atoms with Gasteiger partial charge in [0.05, 0.1) is 21.8 Å². The Kier molecular flexibility index (Phi) is 7.00. The van der Waals surface area contributed by atoms with Crippen molar-refractivity contribution in [3.8, 4) is 5.69 Å². The third kappa shape index (κ3) is 5.02. The Balaban J connectivity index is 1.95. The Hall–Kier alpha value is -2.71. The van der Waals surface area contributed by atoms with Crippen molar-refractivity contribution in [3.63, 3.8) is 0 Å². The van der Waals surface area contributed by atoms with Crippen LogP contribution >= 0.6 is 11.8 Å². The lowest BCUT2D eigenvalue weighted by molar-refractivity contribution is -0.120. The van der Waals surface area contributed by atoms with Crippen molar-refractivity contribution in [1.82, 2.24) is 14.9 Å². The molecule has 0 radical (unpaired) electrons. The average Bonchev–Trinajstić information content (AvgIpc) is 2.72. The number of carbonyl (C=O) groups excluding carboxylic acids is 1. The molecule has 29 heavy (non-hydrogen) atoms. The lowest BCUT2D eigenvalue weighted by Crippen LogP contribution is -2.33. The molecule has 0 spiro atoms. The summed E-state index contributed by atoms with van der Waals surface area (Å²) in [6.07, 6.45) is 0.716. The van der Waals surface area contributed by atoms with Gasteiger partial charge in [-0.1, -0.05) is 23.9 Å². The van der Waals surface area contributed by atoms with Crippen LogP contribution < -0.4 is 10.9 Å². The summed E-state index contributed by atoms with van der Waals surface area (Å²) in [4.78, 5) is 30.1. The van der Waals surface area contributed by atoms with Gasteiger partial charge in [-0.3, -0.25) is 14.2 Å². The number of rotatable bonds is 8. The van der Waals surface area contributed by atoms with Gasteiger partial charge in [0, 0.05) is 20.3 Å². The maximum atomic E-state index is 13.4. The fourth-order valence-electron chi connectivity index (χ4n) is 2.79. The number of benzene rings is 2. The number of thioether (sulfide) groups is 1. The standard InChI is InChI=1S/C21H22FN3O3S/c1-14(19(26)23-12-5-13-28-2)29-21-24-18-7-4-3-6-17(18)20(27)25(21)16-10-8-15(22)9-11-16/h3-4,6-11,14H,5,12-13H2,1-2H3,(H,23,26).